The number of aryl methyl sites for hydroxylation is 4. The molecule has 0 atom stereocenters. The van der Waals surface area contributed by atoms with Crippen molar-refractivity contribution in [3.63, 3.8) is 0 Å². The summed E-state index contributed by atoms with van der Waals surface area (Å²) in [6.45, 7) is 8.00. The molecule has 0 saturated heterocycles. The van der Waals surface area contributed by atoms with E-state index in [1.165, 1.54) is 0 Å². The lowest BCUT2D eigenvalue weighted by molar-refractivity contribution is 0.427. The van der Waals surface area contributed by atoms with Crippen molar-refractivity contribution in [3.05, 3.63) is 70.4 Å². The molecule has 5 nitrogen and oxygen atoms in total. The molecule has 0 radical (unpaired) electrons. The van der Waals surface area contributed by atoms with Crippen molar-refractivity contribution in [2.24, 2.45) is 0 Å². The van der Waals surface area contributed by atoms with Crippen molar-refractivity contribution in [1.29, 1.82) is 0 Å². The van der Waals surface area contributed by atoms with Gasteiger partial charge in [0.1, 0.15) is 0 Å². The van der Waals surface area contributed by atoms with Crippen molar-refractivity contribution in [2.75, 3.05) is 0 Å². The molecule has 0 aliphatic heterocycles. The number of benzene rings is 2. The fourth-order valence-corrected chi connectivity index (χ4v) is 4.33. The van der Waals surface area contributed by atoms with E-state index in [0.717, 1.165) is 27.9 Å². The van der Waals surface area contributed by atoms with Gasteiger partial charge >= 0.3 is 0 Å². The second kappa shape index (κ2) is 7.66. The van der Waals surface area contributed by atoms with Crippen LogP contribution in [0.2, 0.25) is 0 Å². The molecule has 0 saturated carbocycles. The highest BCUT2D eigenvalue weighted by Gasteiger charge is 2.20. The van der Waals surface area contributed by atoms with Gasteiger partial charge in [0.25, 0.3) is 0 Å². The molecule has 3 aromatic rings. The van der Waals surface area contributed by atoms with E-state index in [0.29, 0.717) is 17.7 Å². The SMILES string of the molecule is CCc1ccc(-c2cc(C)no2)cc1S(=O)(=O)NCc1cc(C)ccc1C. The highest BCUT2D eigenvalue weighted by Crippen LogP contribution is 2.26. The fraction of sp³-hybridized carbons (Fsp3) is 0.286. The molecule has 2 aromatic carbocycles. The summed E-state index contributed by atoms with van der Waals surface area (Å²) < 4.78 is 34.1. The third kappa shape index (κ3) is 4.28. The first-order chi connectivity index (χ1) is 12.8. The van der Waals surface area contributed by atoms with Gasteiger partial charge in [-0.1, -0.05) is 48.0 Å². The van der Waals surface area contributed by atoms with Crippen LogP contribution in [-0.2, 0) is 23.0 Å². The molecule has 142 valence electrons. The zero-order chi connectivity index (χ0) is 19.6. The van der Waals surface area contributed by atoms with Gasteiger partial charge in [-0.25, -0.2) is 13.1 Å². The fourth-order valence-electron chi connectivity index (χ4n) is 2.99. The molecule has 0 spiro atoms. The number of aromatic nitrogens is 1. The largest absolute Gasteiger partial charge is 0.356 e. The summed E-state index contributed by atoms with van der Waals surface area (Å²) >= 11 is 0. The summed E-state index contributed by atoms with van der Waals surface area (Å²) in [4.78, 5) is 0.279. The van der Waals surface area contributed by atoms with Gasteiger partial charge < -0.3 is 4.52 Å². The van der Waals surface area contributed by atoms with Crippen molar-refractivity contribution in [1.82, 2.24) is 9.88 Å². The lowest BCUT2D eigenvalue weighted by Crippen LogP contribution is -2.24. The number of rotatable bonds is 6. The van der Waals surface area contributed by atoms with E-state index in [4.69, 9.17) is 4.52 Å². The van der Waals surface area contributed by atoms with E-state index in [1.54, 1.807) is 12.1 Å². The first-order valence-electron chi connectivity index (χ1n) is 8.92. The molecule has 1 N–H and O–H groups in total. The molecule has 0 aliphatic carbocycles. The van der Waals surface area contributed by atoms with Crippen molar-refractivity contribution in [2.45, 2.75) is 45.6 Å². The summed E-state index contributed by atoms with van der Waals surface area (Å²) in [5.41, 5.74) is 5.35. The number of sulfonamides is 1. The van der Waals surface area contributed by atoms with Crippen molar-refractivity contribution < 1.29 is 12.9 Å². The van der Waals surface area contributed by atoms with Crippen LogP contribution in [-0.4, -0.2) is 13.6 Å². The molecular weight excluding hydrogens is 360 g/mol. The van der Waals surface area contributed by atoms with Crippen LogP contribution in [0.1, 0.15) is 34.9 Å². The van der Waals surface area contributed by atoms with Crippen LogP contribution >= 0.6 is 0 Å². The predicted molar refractivity (Wildman–Crippen MR) is 106 cm³/mol. The first-order valence-corrected chi connectivity index (χ1v) is 10.4. The summed E-state index contributed by atoms with van der Waals surface area (Å²) in [6, 6.07) is 13.2. The third-order valence-electron chi connectivity index (χ3n) is 4.61. The van der Waals surface area contributed by atoms with Crippen LogP contribution in [0.3, 0.4) is 0 Å². The second-order valence-electron chi connectivity index (χ2n) is 6.76. The van der Waals surface area contributed by atoms with Gasteiger partial charge in [-0.3, -0.25) is 0 Å². The highest BCUT2D eigenvalue weighted by molar-refractivity contribution is 7.89. The Balaban J connectivity index is 1.93. The maximum Gasteiger partial charge on any atom is 0.241 e. The molecule has 3 rings (SSSR count). The van der Waals surface area contributed by atoms with Crippen molar-refractivity contribution >= 4 is 10.0 Å². The molecule has 0 fully saturated rings. The van der Waals surface area contributed by atoms with Crippen LogP contribution in [0.25, 0.3) is 11.3 Å². The van der Waals surface area contributed by atoms with Gasteiger partial charge in [-0.2, -0.15) is 0 Å². The molecule has 0 unspecified atom stereocenters. The molecule has 0 aliphatic rings. The summed E-state index contributed by atoms with van der Waals surface area (Å²) in [6.07, 6.45) is 0.620. The lowest BCUT2D eigenvalue weighted by Gasteiger charge is -2.13. The van der Waals surface area contributed by atoms with Gasteiger partial charge in [-0.15, -0.1) is 0 Å². The van der Waals surface area contributed by atoms with Gasteiger partial charge in [0.05, 0.1) is 10.6 Å². The van der Waals surface area contributed by atoms with E-state index < -0.39 is 10.0 Å². The van der Waals surface area contributed by atoms with E-state index in [-0.39, 0.29) is 11.4 Å². The Morgan fingerprint density at radius 2 is 1.78 bits per heavy atom. The third-order valence-corrected chi connectivity index (χ3v) is 6.09. The van der Waals surface area contributed by atoms with Crippen LogP contribution in [0.15, 0.2) is 51.9 Å². The molecular formula is C21H24N2O3S. The Hall–Kier alpha value is -2.44. The maximum atomic E-state index is 13.0. The minimum Gasteiger partial charge on any atom is -0.356 e. The number of hydrogen-bond donors (Lipinski definition) is 1. The van der Waals surface area contributed by atoms with Gasteiger partial charge in [-0.05, 0) is 49.9 Å². The summed E-state index contributed by atoms with van der Waals surface area (Å²) in [7, 11) is -3.67. The van der Waals surface area contributed by atoms with Crippen LogP contribution in [0.5, 0.6) is 0 Å². The quantitative estimate of drug-likeness (QED) is 0.687. The second-order valence-corrected chi connectivity index (χ2v) is 8.50. The molecule has 0 bridgehead atoms. The minimum atomic E-state index is -3.67. The average Bonchev–Trinajstić information content (AvgIpc) is 3.08. The standard InChI is InChI=1S/C21H24N2O3S/c1-5-17-8-9-18(20-11-16(4)23-26-20)12-21(17)27(24,25)22-13-19-10-14(2)6-7-15(19)3/h6-12,22H,5,13H2,1-4H3. The maximum absolute atomic E-state index is 13.0. The van der Waals surface area contributed by atoms with E-state index >= 15 is 0 Å². The molecule has 27 heavy (non-hydrogen) atoms. The Morgan fingerprint density at radius 3 is 2.44 bits per heavy atom. The Kier molecular flexibility index (Phi) is 5.48. The van der Waals surface area contributed by atoms with Crippen LogP contribution in [0, 0.1) is 20.8 Å². The Morgan fingerprint density at radius 1 is 1.00 bits per heavy atom. The zero-order valence-electron chi connectivity index (χ0n) is 16.0. The normalized spacial score (nSPS) is 11.7. The first kappa shape index (κ1) is 19.3. The monoisotopic (exact) mass is 384 g/mol. The van der Waals surface area contributed by atoms with Crippen LogP contribution in [0.4, 0.5) is 0 Å². The summed E-state index contributed by atoms with van der Waals surface area (Å²) in [5, 5.41) is 3.88. The highest BCUT2D eigenvalue weighted by atomic mass is 32.2. The van der Waals surface area contributed by atoms with E-state index in [9.17, 15) is 8.42 Å². The minimum absolute atomic E-state index is 0.255. The Bertz CT molecular complexity index is 1070. The average molecular weight is 385 g/mol. The lowest BCUT2D eigenvalue weighted by atomic mass is 10.1. The number of hydrogen-bond acceptors (Lipinski definition) is 4. The summed E-state index contributed by atoms with van der Waals surface area (Å²) in [5.74, 6) is 0.557. The van der Waals surface area contributed by atoms with Gasteiger partial charge in [0.2, 0.25) is 10.0 Å². The molecule has 0 amide bonds. The van der Waals surface area contributed by atoms with Gasteiger partial charge in [0, 0.05) is 18.2 Å². The predicted octanol–water partition coefficient (Wildman–Crippen LogP) is 4.31. The topological polar surface area (TPSA) is 72.2 Å². The van der Waals surface area contributed by atoms with E-state index in [2.05, 4.69) is 9.88 Å². The smallest absolute Gasteiger partial charge is 0.241 e. The number of nitrogens with zero attached hydrogens (tertiary/aromatic N) is 1. The van der Waals surface area contributed by atoms with Crippen molar-refractivity contribution in [3.8, 4) is 11.3 Å². The molecule has 6 heteroatoms. The Labute approximate surface area is 160 Å². The molecule has 1 heterocycles. The zero-order valence-corrected chi connectivity index (χ0v) is 16.9. The molecule has 1 aromatic heterocycles. The van der Waals surface area contributed by atoms with E-state index in [1.807, 2.05) is 58.0 Å². The van der Waals surface area contributed by atoms with Crippen LogP contribution < -0.4 is 4.72 Å². The van der Waals surface area contributed by atoms with Gasteiger partial charge in [0.15, 0.2) is 5.76 Å². The number of nitrogens with one attached hydrogen (secondary N) is 1.